The fraction of sp³-hybridized carbons (Fsp3) is 0.214. The van der Waals surface area contributed by atoms with Crippen LogP contribution >= 0.6 is 0 Å². The Hall–Kier alpha value is -2.43. The summed E-state index contributed by atoms with van der Waals surface area (Å²) in [6, 6.07) is 8.50. The zero-order valence-corrected chi connectivity index (χ0v) is 10.9. The standard InChI is InChI=1S/C14H16N2O3/c1-3-9-5-7-13(19-9)14(17)16-12-6-4-10(18-2)8-11(12)15/h4-8H,3,15H2,1-2H3,(H,16,17). The second-order valence-electron chi connectivity index (χ2n) is 4.03. The highest BCUT2D eigenvalue weighted by molar-refractivity contribution is 6.04. The number of anilines is 2. The van der Waals surface area contributed by atoms with Crippen LogP contribution in [0.2, 0.25) is 0 Å². The van der Waals surface area contributed by atoms with Gasteiger partial charge in [-0.05, 0) is 24.3 Å². The summed E-state index contributed by atoms with van der Waals surface area (Å²) in [5, 5.41) is 2.70. The Balaban J connectivity index is 2.14. The minimum absolute atomic E-state index is 0.270. The van der Waals surface area contributed by atoms with Crippen molar-refractivity contribution in [1.29, 1.82) is 0 Å². The molecule has 5 heteroatoms. The Kier molecular flexibility index (Phi) is 3.75. The van der Waals surface area contributed by atoms with Gasteiger partial charge in [-0.15, -0.1) is 0 Å². The number of rotatable bonds is 4. The Morgan fingerprint density at radius 2 is 2.16 bits per heavy atom. The van der Waals surface area contributed by atoms with Gasteiger partial charge in [-0.3, -0.25) is 4.79 Å². The van der Waals surface area contributed by atoms with E-state index in [1.165, 1.54) is 0 Å². The predicted molar refractivity (Wildman–Crippen MR) is 73.4 cm³/mol. The van der Waals surface area contributed by atoms with E-state index in [1.807, 2.05) is 6.92 Å². The molecule has 0 saturated carbocycles. The number of hydrogen-bond donors (Lipinski definition) is 2. The summed E-state index contributed by atoms with van der Waals surface area (Å²) < 4.78 is 10.4. The molecule has 0 fully saturated rings. The number of furan rings is 1. The number of hydrogen-bond acceptors (Lipinski definition) is 4. The Labute approximate surface area is 111 Å². The van der Waals surface area contributed by atoms with Gasteiger partial charge < -0.3 is 20.2 Å². The lowest BCUT2D eigenvalue weighted by Gasteiger charge is -2.08. The number of nitrogens with one attached hydrogen (secondary N) is 1. The van der Waals surface area contributed by atoms with Crippen LogP contribution in [-0.2, 0) is 6.42 Å². The van der Waals surface area contributed by atoms with E-state index in [4.69, 9.17) is 14.9 Å². The minimum atomic E-state index is -0.323. The first kappa shape index (κ1) is 13.0. The van der Waals surface area contributed by atoms with Gasteiger partial charge in [-0.2, -0.15) is 0 Å². The molecule has 19 heavy (non-hydrogen) atoms. The van der Waals surface area contributed by atoms with Gasteiger partial charge in [0.05, 0.1) is 18.5 Å². The molecule has 100 valence electrons. The van der Waals surface area contributed by atoms with Crippen molar-refractivity contribution >= 4 is 17.3 Å². The molecule has 3 N–H and O–H groups in total. The van der Waals surface area contributed by atoms with E-state index in [9.17, 15) is 4.79 Å². The summed E-state index contributed by atoms with van der Waals surface area (Å²) in [7, 11) is 1.56. The van der Waals surface area contributed by atoms with Crippen LogP contribution in [0.5, 0.6) is 5.75 Å². The van der Waals surface area contributed by atoms with Crippen LogP contribution in [0.25, 0.3) is 0 Å². The van der Waals surface area contributed by atoms with Crippen molar-refractivity contribution in [3.05, 3.63) is 41.9 Å². The number of aryl methyl sites for hydroxylation is 1. The van der Waals surface area contributed by atoms with Gasteiger partial charge in [0, 0.05) is 12.5 Å². The van der Waals surface area contributed by atoms with E-state index in [0.29, 0.717) is 17.1 Å². The Morgan fingerprint density at radius 3 is 2.74 bits per heavy atom. The van der Waals surface area contributed by atoms with Crippen LogP contribution in [0.3, 0.4) is 0 Å². The number of amides is 1. The number of benzene rings is 1. The lowest BCUT2D eigenvalue weighted by molar-refractivity contribution is 0.0995. The number of ether oxygens (including phenoxy) is 1. The zero-order chi connectivity index (χ0) is 13.8. The molecule has 0 aliphatic heterocycles. The Bertz CT molecular complexity index is 590. The zero-order valence-electron chi connectivity index (χ0n) is 10.9. The minimum Gasteiger partial charge on any atom is -0.497 e. The lowest BCUT2D eigenvalue weighted by atomic mass is 10.2. The number of nitrogens with two attached hydrogens (primary N) is 1. The molecule has 2 rings (SSSR count). The van der Waals surface area contributed by atoms with Crippen LogP contribution in [0, 0.1) is 0 Å². The van der Waals surface area contributed by atoms with E-state index in [2.05, 4.69) is 5.32 Å². The van der Waals surface area contributed by atoms with E-state index in [-0.39, 0.29) is 11.7 Å². The first-order valence-electron chi connectivity index (χ1n) is 5.97. The number of methoxy groups -OCH3 is 1. The van der Waals surface area contributed by atoms with Crippen molar-refractivity contribution in [1.82, 2.24) is 0 Å². The molecule has 1 aromatic heterocycles. The third kappa shape index (κ3) is 2.88. The molecule has 1 amide bonds. The molecule has 0 aliphatic carbocycles. The van der Waals surface area contributed by atoms with Crippen molar-refractivity contribution in [3.63, 3.8) is 0 Å². The number of carbonyl (C=O) groups is 1. The Morgan fingerprint density at radius 1 is 1.37 bits per heavy atom. The predicted octanol–water partition coefficient (Wildman–Crippen LogP) is 2.69. The largest absolute Gasteiger partial charge is 0.497 e. The van der Waals surface area contributed by atoms with E-state index in [1.54, 1.807) is 37.4 Å². The first-order valence-corrected chi connectivity index (χ1v) is 5.97. The summed E-state index contributed by atoms with van der Waals surface area (Å²) in [5.41, 5.74) is 6.80. The summed E-state index contributed by atoms with van der Waals surface area (Å²) >= 11 is 0. The molecule has 0 aliphatic rings. The van der Waals surface area contributed by atoms with Gasteiger partial charge in [0.15, 0.2) is 5.76 Å². The van der Waals surface area contributed by atoms with Crippen LogP contribution in [0.4, 0.5) is 11.4 Å². The van der Waals surface area contributed by atoms with Gasteiger partial charge in [0.25, 0.3) is 5.91 Å². The SMILES string of the molecule is CCc1ccc(C(=O)Nc2ccc(OC)cc2N)o1. The molecule has 1 heterocycles. The molecular formula is C14H16N2O3. The highest BCUT2D eigenvalue weighted by atomic mass is 16.5. The molecule has 2 aromatic rings. The molecule has 5 nitrogen and oxygen atoms in total. The van der Waals surface area contributed by atoms with Gasteiger partial charge in [0.2, 0.25) is 0 Å². The number of carbonyl (C=O) groups excluding carboxylic acids is 1. The molecular weight excluding hydrogens is 244 g/mol. The normalized spacial score (nSPS) is 10.2. The highest BCUT2D eigenvalue weighted by Gasteiger charge is 2.12. The molecule has 0 atom stereocenters. The summed E-state index contributed by atoms with van der Waals surface area (Å²) in [5.74, 6) is 1.36. The summed E-state index contributed by atoms with van der Waals surface area (Å²) in [6.45, 7) is 1.96. The molecule has 0 unspecified atom stereocenters. The molecule has 0 spiro atoms. The summed E-state index contributed by atoms with van der Waals surface area (Å²) in [6.07, 6.45) is 0.748. The second-order valence-corrected chi connectivity index (χ2v) is 4.03. The van der Waals surface area contributed by atoms with Gasteiger partial charge in [-0.1, -0.05) is 6.92 Å². The van der Waals surface area contributed by atoms with Crippen LogP contribution in [0.1, 0.15) is 23.2 Å². The summed E-state index contributed by atoms with van der Waals surface area (Å²) in [4.78, 5) is 12.0. The fourth-order valence-corrected chi connectivity index (χ4v) is 1.66. The van der Waals surface area contributed by atoms with E-state index >= 15 is 0 Å². The van der Waals surface area contributed by atoms with Gasteiger partial charge in [-0.25, -0.2) is 0 Å². The van der Waals surface area contributed by atoms with Crippen LogP contribution in [-0.4, -0.2) is 13.0 Å². The van der Waals surface area contributed by atoms with Crippen molar-refractivity contribution in [2.45, 2.75) is 13.3 Å². The maximum atomic E-state index is 12.0. The second kappa shape index (κ2) is 5.48. The maximum Gasteiger partial charge on any atom is 0.291 e. The smallest absolute Gasteiger partial charge is 0.291 e. The highest BCUT2D eigenvalue weighted by Crippen LogP contribution is 2.24. The number of nitrogen functional groups attached to an aromatic ring is 1. The molecule has 0 saturated heterocycles. The average molecular weight is 260 g/mol. The lowest BCUT2D eigenvalue weighted by Crippen LogP contribution is -2.12. The van der Waals surface area contributed by atoms with Crippen molar-refractivity contribution in [2.75, 3.05) is 18.2 Å². The fourth-order valence-electron chi connectivity index (χ4n) is 1.66. The van der Waals surface area contributed by atoms with Crippen LogP contribution in [0.15, 0.2) is 34.7 Å². The topological polar surface area (TPSA) is 77.5 Å². The van der Waals surface area contributed by atoms with Gasteiger partial charge in [0.1, 0.15) is 11.5 Å². The quantitative estimate of drug-likeness (QED) is 0.828. The maximum absolute atomic E-state index is 12.0. The monoisotopic (exact) mass is 260 g/mol. The van der Waals surface area contributed by atoms with Crippen molar-refractivity contribution < 1.29 is 13.9 Å². The average Bonchev–Trinajstić information content (AvgIpc) is 2.90. The van der Waals surface area contributed by atoms with E-state index in [0.717, 1.165) is 12.2 Å². The molecule has 0 radical (unpaired) electrons. The third-order valence-electron chi connectivity index (χ3n) is 2.74. The third-order valence-corrected chi connectivity index (χ3v) is 2.74. The molecule has 1 aromatic carbocycles. The van der Waals surface area contributed by atoms with E-state index < -0.39 is 0 Å². The van der Waals surface area contributed by atoms with Crippen molar-refractivity contribution in [2.24, 2.45) is 0 Å². The van der Waals surface area contributed by atoms with Crippen molar-refractivity contribution in [3.8, 4) is 5.75 Å². The molecule has 0 bridgehead atoms. The van der Waals surface area contributed by atoms with Crippen LogP contribution < -0.4 is 15.8 Å². The van der Waals surface area contributed by atoms with Gasteiger partial charge >= 0.3 is 0 Å². The first-order chi connectivity index (χ1) is 9.13.